The molecule has 0 heterocycles. The molecule has 0 spiro atoms. The molecule has 1 saturated carbocycles. The van der Waals surface area contributed by atoms with Crippen molar-refractivity contribution in [3.05, 3.63) is 0 Å². The summed E-state index contributed by atoms with van der Waals surface area (Å²) in [5.41, 5.74) is -0.445. The first-order valence-electron chi connectivity index (χ1n) is 8.06. The fourth-order valence-electron chi connectivity index (χ4n) is 2.63. The Labute approximate surface area is 129 Å². The molecule has 1 aliphatic rings. The summed E-state index contributed by atoms with van der Waals surface area (Å²) in [6, 6.07) is 0.645. The second-order valence-electron chi connectivity index (χ2n) is 7.01. The van der Waals surface area contributed by atoms with Gasteiger partial charge in [-0.1, -0.05) is 0 Å². The molecule has 5 heteroatoms. The van der Waals surface area contributed by atoms with Crippen LogP contribution < -0.4 is 10.6 Å². The Morgan fingerprint density at radius 2 is 2.05 bits per heavy atom. The molecule has 0 saturated heterocycles. The molecular weight excluding hydrogens is 268 g/mol. The maximum atomic E-state index is 11.6. The molecule has 1 aliphatic carbocycles. The minimum Gasteiger partial charge on any atom is -0.444 e. The molecule has 5 nitrogen and oxygen atoms in total. The van der Waals surface area contributed by atoms with E-state index in [-0.39, 0.29) is 12.1 Å². The average Bonchev–Trinajstić information content (AvgIpc) is 2.36. The van der Waals surface area contributed by atoms with Crippen molar-refractivity contribution in [3.63, 3.8) is 0 Å². The maximum Gasteiger partial charge on any atom is 0.407 e. The number of carbonyl (C=O) groups is 1. The van der Waals surface area contributed by atoms with Crippen molar-refractivity contribution in [2.24, 2.45) is 0 Å². The highest BCUT2D eigenvalue weighted by Crippen LogP contribution is 2.20. The highest BCUT2D eigenvalue weighted by Gasteiger charge is 2.21. The lowest BCUT2D eigenvalue weighted by Gasteiger charge is -2.29. The summed E-state index contributed by atoms with van der Waals surface area (Å²) in [7, 11) is 1.79. The van der Waals surface area contributed by atoms with Crippen LogP contribution in [0, 0.1) is 0 Å². The van der Waals surface area contributed by atoms with Gasteiger partial charge in [-0.3, -0.25) is 0 Å². The van der Waals surface area contributed by atoms with Gasteiger partial charge in [0.25, 0.3) is 0 Å². The van der Waals surface area contributed by atoms with E-state index in [0.717, 1.165) is 19.4 Å². The van der Waals surface area contributed by atoms with E-state index in [1.54, 1.807) is 7.11 Å². The smallest absolute Gasteiger partial charge is 0.407 e. The number of ether oxygens (including phenoxy) is 2. The Morgan fingerprint density at radius 3 is 2.67 bits per heavy atom. The van der Waals surface area contributed by atoms with Gasteiger partial charge in [0.2, 0.25) is 0 Å². The van der Waals surface area contributed by atoms with Crippen LogP contribution in [0.1, 0.15) is 59.8 Å². The van der Waals surface area contributed by atoms with E-state index < -0.39 is 5.60 Å². The summed E-state index contributed by atoms with van der Waals surface area (Å²) in [6.07, 6.45) is 5.65. The van der Waals surface area contributed by atoms with Crippen molar-refractivity contribution < 1.29 is 14.3 Å². The summed E-state index contributed by atoms with van der Waals surface area (Å²) >= 11 is 0. The third-order valence-corrected chi connectivity index (χ3v) is 3.73. The molecule has 0 radical (unpaired) electrons. The average molecular weight is 300 g/mol. The van der Waals surface area contributed by atoms with E-state index in [1.165, 1.54) is 19.3 Å². The number of carbonyl (C=O) groups excluding carboxylic acids is 1. The van der Waals surface area contributed by atoms with E-state index in [2.05, 4.69) is 10.6 Å². The van der Waals surface area contributed by atoms with Crippen molar-refractivity contribution in [2.75, 3.05) is 13.7 Å². The van der Waals surface area contributed by atoms with Crippen LogP contribution in [0.15, 0.2) is 0 Å². The van der Waals surface area contributed by atoms with E-state index in [0.29, 0.717) is 12.1 Å². The SMILES string of the molecule is COC1CCCC(NCCC(C)NC(=O)OC(C)(C)C)C1. The minimum absolute atomic E-state index is 0.106. The number of hydrogen-bond acceptors (Lipinski definition) is 4. The molecule has 0 bridgehead atoms. The van der Waals surface area contributed by atoms with E-state index in [9.17, 15) is 4.79 Å². The highest BCUT2D eigenvalue weighted by atomic mass is 16.6. The molecule has 3 atom stereocenters. The van der Waals surface area contributed by atoms with Crippen LogP contribution in [-0.4, -0.2) is 43.5 Å². The van der Waals surface area contributed by atoms with Crippen LogP contribution in [0.2, 0.25) is 0 Å². The minimum atomic E-state index is -0.445. The van der Waals surface area contributed by atoms with E-state index >= 15 is 0 Å². The second kappa shape index (κ2) is 8.59. The van der Waals surface area contributed by atoms with Gasteiger partial charge >= 0.3 is 6.09 Å². The predicted molar refractivity (Wildman–Crippen MR) is 84.5 cm³/mol. The molecule has 0 aromatic carbocycles. The van der Waals surface area contributed by atoms with Gasteiger partial charge in [0, 0.05) is 19.2 Å². The Kier molecular flexibility index (Phi) is 7.46. The van der Waals surface area contributed by atoms with Crippen LogP contribution in [0.4, 0.5) is 4.79 Å². The summed E-state index contributed by atoms with van der Waals surface area (Å²) in [5.74, 6) is 0. The third-order valence-electron chi connectivity index (χ3n) is 3.73. The van der Waals surface area contributed by atoms with Crippen LogP contribution in [0.25, 0.3) is 0 Å². The number of nitrogens with one attached hydrogen (secondary N) is 2. The van der Waals surface area contributed by atoms with Crippen LogP contribution in [0.3, 0.4) is 0 Å². The lowest BCUT2D eigenvalue weighted by molar-refractivity contribution is 0.0504. The van der Waals surface area contributed by atoms with E-state index in [1.807, 2.05) is 27.7 Å². The Balaban J connectivity index is 2.15. The highest BCUT2D eigenvalue weighted by molar-refractivity contribution is 5.67. The van der Waals surface area contributed by atoms with Gasteiger partial charge in [-0.15, -0.1) is 0 Å². The number of methoxy groups -OCH3 is 1. The number of rotatable bonds is 6. The van der Waals surface area contributed by atoms with Gasteiger partial charge in [-0.05, 0) is 66.3 Å². The first-order valence-corrected chi connectivity index (χ1v) is 8.06. The lowest BCUT2D eigenvalue weighted by Crippen LogP contribution is -2.41. The zero-order valence-electron chi connectivity index (χ0n) is 14.2. The molecule has 21 heavy (non-hydrogen) atoms. The first kappa shape index (κ1) is 18.2. The third kappa shape index (κ3) is 8.27. The predicted octanol–water partition coefficient (Wildman–Crippen LogP) is 2.84. The quantitative estimate of drug-likeness (QED) is 0.792. The molecule has 0 aromatic heterocycles. The fraction of sp³-hybridized carbons (Fsp3) is 0.938. The Bertz CT molecular complexity index is 315. The van der Waals surface area contributed by atoms with Gasteiger partial charge in [0.15, 0.2) is 0 Å². The molecule has 0 aromatic rings. The molecule has 2 N–H and O–H groups in total. The number of alkyl carbamates (subject to hydrolysis) is 1. The number of hydrogen-bond donors (Lipinski definition) is 2. The summed E-state index contributed by atoms with van der Waals surface area (Å²) in [6.45, 7) is 8.51. The molecule has 1 rings (SSSR count). The van der Waals surface area contributed by atoms with Gasteiger partial charge in [-0.2, -0.15) is 0 Å². The fourth-order valence-corrected chi connectivity index (χ4v) is 2.63. The second-order valence-corrected chi connectivity index (χ2v) is 7.01. The van der Waals surface area contributed by atoms with Gasteiger partial charge in [0.05, 0.1) is 6.10 Å². The first-order chi connectivity index (χ1) is 9.80. The largest absolute Gasteiger partial charge is 0.444 e. The zero-order valence-corrected chi connectivity index (χ0v) is 14.2. The van der Waals surface area contributed by atoms with Crippen LogP contribution in [0.5, 0.6) is 0 Å². The Hall–Kier alpha value is -0.810. The Morgan fingerprint density at radius 1 is 1.33 bits per heavy atom. The normalized spacial score (nSPS) is 24.4. The molecule has 1 amide bonds. The summed E-state index contributed by atoms with van der Waals surface area (Å²) in [4.78, 5) is 11.6. The van der Waals surface area contributed by atoms with Gasteiger partial charge in [0.1, 0.15) is 5.60 Å². The van der Waals surface area contributed by atoms with Crippen LogP contribution >= 0.6 is 0 Å². The van der Waals surface area contributed by atoms with Crippen molar-refractivity contribution in [1.82, 2.24) is 10.6 Å². The zero-order chi connectivity index (χ0) is 15.9. The van der Waals surface area contributed by atoms with Crippen molar-refractivity contribution in [3.8, 4) is 0 Å². The van der Waals surface area contributed by atoms with Gasteiger partial charge < -0.3 is 20.1 Å². The van der Waals surface area contributed by atoms with Crippen molar-refractivity contribution in [1.29, 1.82) is 0 Å². The van der Waals surface area contributed by atoms with Crippen molar-refractivity contribution >= 4 is 6.09 Å². The van der Waals surface area contributed by atoms with Crippen molar-refractivity contribution in [2.45, 2.75) is 83.6 Å². The molecule has 0 aliphatic heterocycles. The topological polar surface area (TPSA) is 59.6 Å². The van der Waals surface area contributed by atoms with Gasteiger partial charge in [-0.25, -0.2) is 4.79 Å². The maximum absolute atomic E-state index is 11.6. The monoisotopic (exact) mass is 300 g/mol. The molecule has 124 valence electrons. The molecule has 3 unspecified atom stereocenters. The molecular formula is C16H32N2O3. The lowest BCUT2D eigenvalue weighted by atomic mass is 9.93. The van der Waals surface area contributed by atoms with E-state index in [4.69, 9.17) is 9.47 Å². The standard InChI is InChI=1S/C16H32N2O3/c1-12(18-15(19)21-16(2,3)4)9-10-17-13-7-6-8-14(11-13)20-5/h12-14,17H,6-11H2,1-5H3,(H,18,19). The summed E-state index contributed by atoms with van der Waals surface area (Å²) in [5, 5.41) is 6.43. The van der Waals surface area contributed by atoms with Crippen LogP contribution in [-0.2, 0) is 9.47 Å². The molecule has 1 fully saturated rings. The number of amides is 1. The summed E-state index contributed by atoms with van der Waals surface area (Å²) < 4.78 is 10.7.